The normalized spacial score (nSPS) is 14.5. The number of ether oxygens (including phenoxy) is 2. The summed E-state index contributed by atoms with van der Waals surface area (Å²) in [7, 11) is 0. The highest BCUT2D eigenvalue weighted by molar-refractivity contribution is 6.10. The predicted octanol–water partition coefficient (Wildman–Crippen LogP) is 1.21. The molecule has 0 aliphatic carbocycles. The molecule has 0 amide bonds. The zero-order valence-electron chi connectivity index (χ0n) is 12.2. The molecule has 0 radical (unpaired) electrons. The van der Waals surface area contributed by atoms with Gasteiger partial charge in [-0.15, -0.1) is 0 Å². The van der Waals surface area contributed by atoms with Crippen molar-refractivity contribution in [2.75, 3.05) is 44.9 Å². The molecule has 0 bridgehead atoms. The highest BCUT2D eigenvalue weighted by atomic mass is 16.5. The van der Waals surface area contributed by atoms with E-state index in [1.54, 1.807) is 24.3 Å². The van der Waals surface area contributed by atoms with Crippen molar-refractivity contribution in [3.8, 4) is 17.9 Å². The van der Waals surface area contributed by atoms with Gasteiger partial charge in [0.1, 0.15) is 24.5 Å². The number of benzene rings is 1. The summed E-state index contributed by atoms with van der Waals surface area (Å²) in [6.45, 7) is 4.87. The van der Waals surface area contributed by atoms with E-state index in [9.17, 15) is 0 Å². The molecule has 22 heavy (non-hydrogen) atoms. The summed E-state index contributed by atoms with van der Waals surface area (Å²) in [4.78, 5) is 2.29. The minimum absolute atomic E-state index is 0.223. The molecule has 0 unspecified atom stereocenters. The number of hydrazone groups is 1. The van der Waals surface area contributed by atoms with Gasteiger partial charge < -0.3 is 9.47 Å². The van der Waals surface area contributed by atoms with Crippen LogP contribution in [0.3, 0.4) is 0 Å². The minimum Gasteiger partial charge on any atom is -0.492 e. The lowest BCUT2D eigenvalue weighted by Gasteiger charge is -2.26. The van der Waals surface area contributed by atoms with Crippen molar-refractivity contribution in [2.45, 2.75) is 0 Å². The number of rotatable bonds is 6. The third kappa shape index (κ3) is 5.06. The Bertz CT molecular complexity index is 581. The van der Waals surface area contributed by atoms with Crippen LogP contribution in [0.5, 0.6) is 5.75 Å². The Morgan fingerprint density at radius 1 is 1.32 bits per heavy atom. The maximum Gasteiger partial charge on any atom is 0.237 e. The van der Waals surface area contributed by atoms with Crippen LogP contribution in [0.1, 0.15) is 0 Å². The molecule has 1 saturated heterocycles. The van der Waals surface area contributed by atoms with Crippen LogP contribution in [-0.2, 0) is 4.74 Å². The summed E-state index contributed by atoms with van der Waals surface area (Å²) in [5.74, 6) is 0.712. The van der Waals surface area contributed by atoms with Crippen molar-refractivity contribution in [3.63, 3.8) is 0 Å². The zero-order chi connectivity index (χ0) is 15.6. The molecule has 1 aromatic rings. The first-order chi connectivity index (χ1) is 10.8. The van der Waals surface area contributed by atoms with Gasteiger partial charge in [-0.2, -0.15) is 15.6 Å². The van der Waals surface area contributed by atoms with Crippen molar-refractivity contribution in [3.05, 3.63) is 24.3 Å². The standard InChI is InChI=1S/C15H17N5O2/c16-11-14(12-17)19-18-13-2-1-3-15(10-13)22-9-6-20-4-7-21-8-5-20/h1-3,10,18H,4-9H2. The van der Waals surface area contributed by atoms with Gasteiger partial charge in [0.05, 0.1) is 18.9 Å². The van der Waals surface area contributed by atoms with Crippen molar-refractivity contribution < 1.29 is 9.47 Å². The highest BCUT2D eigenvalue weighted by Crippen LogP contribution is 2.17. The molecule has 1 aliphatic rings. The van der Waals surface area contributed by atoms with Crippen LogP contribution < -0.4 is 10.2 Å². The van der Waals surface area contributed by atoms with Gasteiger partial charge in [-0.25, -0.2) is 0 Å². The lowest BCUT2D eigenvalue weighted by molar-refractivity contribution is 0.0322. The molecule has 0 aromatic heterocycles. The molecule has 7 nitrogen and oxygen atoms in total. The molecule has 2 rings (SSSR count). The molecule has 114 valence electrons. The zero-order valence-corrected chi connectivity index (χ0v) is 12.2. The maximum absolute atomic E-state index is 8.62. The van der Waals surface area contributed by atoms with Crippen LogP contribution >= 0.6 is 0 Å². The molecule has 1 heterocycles. The molecule has 0 saturated carbocycles. The quantitative estimate of drug-likeness (QED) is 0.627. The van der Waals surface area contributed by atoms with Crippen LogP contribution in [0.2, 0.25) is 0 Å². The average molecular weight is 299 g/mol. The third-order valence-corrected chi connectivity index (χ3v) is 3.12. The summed E-state index contributed by atoms with van der Waals surface area (Å²) >= 11 is 0. The topological polar surface area (TPSA) is 93.7 Å². The molecule has 1 aromatic carbocycles. The van der Waals surface area contributed by atoms with E-state index in [0.29, 0.717) is 18.0 Å². The van der Waals surface area contributed by atoms with Gasteiger partial charge >= 0.3 is 0 Å². The first kappa shape index (κ1) is 15.8. The van der Waals surface area contributed by atoms with E-state index in [1.165, 1.54) is 0 Å². The predicted molar refractivity (Wildman–Crippen MR) is 81.5 cm³/mol. The lowest BCUT2D eigenvalue weighted by atomic mass is 10.3. The first-order valence-electron chi connectivity index (χ1n) is 6.98. The second-order valence-corrected chi connectivity index (χ2v) is 4.63. The maximum atomic E-state index is 8.62. The molecule has 1 N–H and O–H groups in total. The van der Waals surface area contributed by atoms with Crippen LogP contribution in [-0.4, -0.2) is 50.1 Å². The summed E-state index contributed by atoms with van der Waals surface area (Å²) < 4.78 is 11.0. The van der Waals surface area contributed by atoms with Gasteiger partial charge in [-0.05, 0) is 12.1 Å². The monoisotopic (exact) mass is 299 g/mol. The first-order valence-corrected chi connectivity index (χ1v) is 6.98. The number of hydrogen-bond acceptors (Lipinski definition) is 7. The van der Waals surface area contributed by atoms with Crippen molar-refractivity contribution in [2.24, 2.45) is 5.10 Å². The number of nitrogens with one attached hydrogen (secondary N) is 1. The number of nitrogens with zero attached hydrogens (tertiary/aromatic N) is 4. The SMILES string of the molecule is N#CC(C#N)=NNc1cccc(OCCN2CCOCC2)c1. The largest absolute Gasteiger partial charge is 0.492 e. The Balaban J connectivity index is 1.82. The van der Waals surface area contributed by atoms with Crippen LogP contribution in [0.15, 0.2) is 29.4 Å². The van der Waals surface area contributed by atoms with Gasteiger partial charge in [0.15, 0.2) is 0 Å². The molecule has 0 spiro atoms. The summed E-state index contributed by atoms with van der Waals surface area (Å²) in [6.07, 6.45) is 0. The van der Waals surface area contributed by atoms with Gasteiger partial charge in [0, 0.05) is 25.7 Å². The number of nitriles is 2. The highest BCUT2D eigenvalue weighted by Gasteiger charge is 2.09. The number of hydrogen-bond donors (Lipinski definition) is 1. The molecule has 1 fully saturated rings. The molecule has 7 heteroatoms. The van der Waals surface area contributed by atoms with Gasteiger partial charge in [0.2, 0.25) is 5.71 Å². The van der Waals surface area contributed by atoms with Crippen molar-refractivity contribution in [1.82, 2.24) is 4.90 Å². The smallest absolute Gasteiger partial charge is 0.237 e. The van der Waals surface area contributed by atoms with Crippen molar-refractivity contribution >= 4 is 11.4 Å². The van der Waals surface area contributed by atoms with Crippen LogP contribution in [0.25, 0.3) is 0 Å². The lowest BCUT2D eigenvalue weighted by Crippen LogP contribution is -2.38. The molecule has 0 atom stereocenters. The Morgan fingerprint density at radius 3 is 2.82 bits per heavy atom. The van der Waals surface area contributed by atoms with E-state index in [2.05, 4.69) is 15.4 Å². The van der Waals surface area contributed by atoms with E-state index in [-0.39, 0.29) is 5.71 Å². The van der Waals surface area contributed by atoms with Gasteiger partial charge in [-0.1, -0.05) is 6.07 Å². The third-order valence-electron chi connectivity index (χ3n) is 3.12. The second-order valence-electron chi connectivity index (χ2n) is 4.63. The van der Waals surface area contributed by atoms with Gasteiger partial charge in [-0.3, -0.25) is 10.3 Å². The molecular formula is C15H17N5O2. The number of morpholine rings is 1. The Morgan fingerprint density at radius 2 is 2.09 bits per heavy atom. The molecule has 1 aliphatic heterocycles. The van der Waals surface area contributed by atoms with E-state index in [1.807, 2.05) is 12.1 Å². The van der Waals surface area contributed by atoms with E-state index < -0.39 is 0 Å². The van der Waals surface area contributed by atoms with E-state index in [0.717, 1.165) is 32.8 Å². The fourth-order valence-electron chi connectivity index (χ4n) is 1.97. The van der Waals surface area contributed by atoms with Gasteiger partial charge in [0.25, 0.3) is 0 Å². The summed E-state index contributed by atoms with van der Waals surface area (Å²) in [5.41, 5.74) is 3.10. The van der Waals surface area contributed by atoms with Crippen LogP contribution in [0.4, 0.5) is 5.69 Å². The van der Waals surface area contributed by atoms with E-state index >= 15 is 0 Å². The number of anilines is 1. The van der Waals surface area contributed by atoms with Crippen molar-refractivity contribution in [1.29, 1.82) is 10.5 Å². The Labute approximate surface area is 129 Å². The van der Waals surface area contributed by atoms with Crippen LogP contribution in [0, 0.1) is 22.7 Å². The summed E-state index contributed by atoms with van der Waals surface area (Å²) in [5, 5.41) is 20.9. The fraction of sp³-hybridized carbons (Fsp3) is 0.400. The van der Waals surface area contributed by atoms with E-state index in [4.69, 9.17) is 20.0 Å². The Kier molecular flexibility index (Phi) is 6.18. The molecular weight excluding hydrogens is 282 g/mol. The second kappa shape index (κ2) is 8.63. The fourth-order valence-corrected chi connectivity index (χ4v) is 1.97. The Hall–Kier alpha value is -2.61. The average Bonchev–Trinajstić information content (AvgIpc) is 2.57. The summed E-state index contributed by atoms with van der Waals surface area (Å²) in [6, 6.07) is 10.6. The minimum atomic E-state index is -0.223.